The maximum Gasteiger partial charge on any atom is 0.573 e. The van der Waals surface area contributed by atoms with Crippen molar-refractivity contribution in [3.8, 4) is 17.6 Å². The van der Waals surface area contributed by atoms with Gasteiger partial charge in [0.05, 0.1) is 22.9 Å². The molecule has 6 nitrogen and oxygen atoms in total. The monoisotopic (exact) mass is 434 g/mol. The number of halogens is 3. The van der Waals surface area contributed by atoms with Crippen LogP contribution in [0.2, 0.25) is 0 Å². The van der Waals surface area contributed by atoms with Gasteiger partial charge in [0.2, 0.25) is 0 Å². The van der Waals surface area contributed by atoms with Gasteiger partial charge in [-0.3, -0.25) is 9.59 Å². The molecule has 1 amide bonds. The molecule has 9 heteroatoms. The number of hydrogen-bond acceptors (Lipinski definition) is 5. The van der Waals surface area contributed by atoms with E-state index in [1.807, 2.05) is 0 Å². The number of rotatable bonds is 4. The van der Waals surface area contributed by atoms with E-state index in [9.17, 15) is 27.9 Å². The fraction of sp³-hybridized carbons (Fsp3) is 0.318. The molecule has 0 aromatic heterocycles. The molecule has 2 aromatic rings. The van der Waals surface area contributed by atoms with Crippen LogP contribution in [0.5, 0.6) is 11.5 Å². The van der Waals surface area contributed by atoms with Gasteiger partial charge in [-0.2, -0.15) is 5.26 Å². The number of phenolic OH excluding ortho intramolecular Hbond substituents is 1. The molecule has 2 aromatic carbocycles. The van der Waals surface area contributed by atoms with Crippen LogP contribution in [-0.2, 0) is 5.41 Å². The highest BCUT2D eigenvalue weighted by atomic mass is 19.4. The first-order valence-electron chi connectivity index (χ1n) is 9.15. The Kier molecular flexibility index (Phi) is 6.35. The normalized spacial score (nSPS) is 11.6. The molecule has 0 aliphatic rings. The molecular formula is C22H21F3N2O4. The highest BCUT2D eigenvalue weighted by Crippen LogP contribution is 2.38. The maximum atomic E-state index is 13.0. The molecule has 31 heavy (non-hydrogen) atoms. The molecule has 0 fully saturated rings. The highest BCUT2D eigenvalue weighted by molar-refractivity contribution is 6.10. The lowest BCUT2D eigenvalue weighted by Crippen LogP contribution is -2.22. The van der Waals surface area contributed by atoms with E-state index in [0.29, 0.717) is 5.56 Å². The predicted molar refractivity (Wildman–Crippen MR) is 107 cm³/mol. The molecule has 0 saturated carbocycles. The number of aromatic hydroxyl groups is 1. The van der Waals surface area contributed by atoms with Gasteiger partial charge in [0.25, 0.3) is 5.91 Å². The minimum absolute atomic E-state index is 0.107. The van der Waals surface area contributed by atoms with Crippen molar-refractivity contribution >= 4 is 17.4 Å². The number of carbonyl (C=O) groups excluding carboxylic acids is 2. The van der Waals surface area contributed by atoms with Crippen LogP contribution >= 0.6 is 0 Å². The Hall–Kier alpha value is -3.54. The minimum Gasteiger partial charge on any atom is -0.507 e. The first kappa shape index (κ1) is 23.7. The number of nitrogens with one attached hydrogen (secondary N) is 1. The number of benzene rings is 2. The number of anilines is 1. The van der Waals surface area contributed by atoms with Crippen molar-refractivity contribution in [3.63, 3.8) is 0 Å². The molecule has 0 bridgehead atoms. The summed E-state index contributed by atoms with van der Waals surface area (Å²) >= 11 is 0. The molecule has 0 radical (unpaired) electrons. The van der Waals surface area contributed by atoms with Gasteiger partial charge < -0.3 is 15.2 Å². The first-order chi connectivity index (χ1) is 14.2. The van der Waals surface area contributed by atoms with Gasteiger partial charge in [-0.05, 0) is 43.0 Å². The molecule has 2 N–H and O–H groups in total. The molecule has 0 unspecified atom stereocenters. The predicted octanol–water partition coefficient (Wildman–Crippen LogP) is 5.22. The highest BCUT2D eigenvalue weighted by Gasteiger charge is 2.33. The number of alkyl halides is 3. The second-order valence-electron chi connectivity index (χ2n) is 7.95. The summed E-state index contributed by atoms with van der Waals surface area (Å²) in [5.41, 5.74) is -0.604. The van der Waals surface area contributed by atoms with Crippen LogP contribution in [0.4, 0.5) is 18.9 Å². The largest absolute Gasteiger partial charge is 0.573 e. The summed E-state index contributed by atoms with van der Waals surface area (Å²) in [4.78, 5) is 25.1. The molecule has 0 spiro atoms. The van der Waals surface area contributed by atoms with Crippen LogP contribution in [0, 0.1) is 18.3 Å². The van der Waals surface area contributed by atoms with E-state index in [4.69, 9.17) is 5.26 Å². The summed E-state index contributed by atoms with van der Waals surface area (Å²) in [5.74, 6) is -2.42. The summed E-state index contributed by atoms with van der Waals surface area (Å²) in [5, 5.41) is 22.0. The van der Waals surface area contributed by atoms with E-state index in [1.165, 1.54) is 26.0 Å². The van der Waals surface area contributed by atoms with Crippen molar-refractivity contribution in [1.82, 2.24) is 0 Å². The van der Waals surface area contributed by atoms with Crippen molar-refractivity contribution in [1.29, 1.82) is 5.26 Å². The van der Waals surface area contributed by atoms with E-state index in [1.54, 1.807) is 26.8 Å². The van der Waals surface area contributed by atoms with Crippen molar-refractivity contribution in [2.24, 2.45) is 0 Å². The molecule has 2 rings (SSSR count). The quantitative estimate of drug-likeness (QED) is 0.643. The second-order valence-corrected chi connectivity index (χ2v) is 7.95. The Bertz CT molecular complexity index is 1090. The van der Waals surface area contributed by atoms with Gasteiger partial charge >= 0.3 is 6.36 Å². The first-order valence-corrected chi connectivity index (χ1v) is 9.15. The SMILES string of the molecule is CC(=O)c1cc(C(C)(C)C)c(O)c(C(=O)Nc2ccc(C#N)cc2OC(F)(F)F)c1C. The second kappa shape index (κ2) is 8.30. The zero-order valence-electron chi connectivity index (χ0n) is 17.6. The smallest absolute Gasteiger partial charge is 0.507 e. The maximum absolute atomic E-state index is 13.0. The Balaban J connectivity index is 2.63. The van der Waals surface area contributed by atoms with Gasteiger partial charge in [-0.1, -0.05) is 20.8 Å². The molecule has 164 valence electrons. The van der Waals surface area contributed by atoms with Crippen LogP contribution < -0.4 is 10.1 Å². The van der Waals surface area contributed by atoms with Gasteiger partial charge in [0.15, 0.2) is 11.5 Å². The van der Waals surface area contributed by atoms with Crippen molar-refractivity contribution in [2.45, 2.75) is 46.4 Å². The fourth-order valence-corrected chi connectivity index (χ4v) is 3.07. The minimum atomic E-state index is -5.06. The average molecular weight is 434 g/mol. The third-order valence-electron chi connectivity index (χ3n) is 4.56. The zero-order valence-corrected chi connectivity index (χ0v) is 17.6. The van der Waals surface area contributed by atoms with Crippen molar-refractivity contribution in [2.75, 3.05) is 5.32 Å². The van der Waals surface area contributed by atoms with Crippen LogP contribution in [-0.4, -0.2) is 23.2 Å². The summed E-state index contributed by atoms with van der Waals surface area (Å²) in [7, 11) is 0. The Labute approximate surface area is 177 Å². The number of Topliss-reactive ketones (excluding diaryl/α,β-unsaturated/α-hetero) is 1. The van der Waals surface area contributed by atoms with E-state index in [-0.39, 0.29) is 39.5 Å². The van der Waals surface area contributed by atoms with Crippen molar-refractivity contribution in [3.05, 3.63) is 52.1 Å². The van der Waals surface area contributed by atoms with E-state index in [2.05, 4.69) is 10.1 Å². The lowest BCUT2D eigenvalue weighted by atomic mass is 9.81. The number of nitriles is 1. The van der Waals surface area contributed by atoms with Gasteiger partial charge in [0, 0.05) is 17.2 Å². The van der Waals surface area contributed by atoms with E-state index >= 15 is 0 Å². The Morgan fingerprint density at radius 3 is 2.26 bits per heavy atom. The summed E-state index contributed by atoms with van der Waals surface area (Å²) in [6.45, 7) is 8.10. The third-order valence-corrected chi connectivity index (χ3v) is 4.56. The summed E-state index contributed by atoms with van der Waals surface area (Å²) in [6.07, 6.45) is -5.06. The summed E-state index contributed by atoms with van der Waals surface area (Å²) in [6, 6.07) is 6.32. The Morgan fingerprint density at radius 2 is 1.77 bits per heavy atom. The van der Waals surface area contributed by atoms with E-state index in [0.717, 1.165) is 12.1 Å². The number of carbonyl (C=O) groups is 2. The number of ether oxygens (including phenoxy) is 1. The van der Waals surface area contributed by atoms with Gasteiger partial charge in [-0.25, -0.2) is 0 Å². The van der Waals surface area contributed by atoms with Gasteiger partial charge in [0.1, 0.15) is 5.75 Å². The van der Waals surface area contributed by atoms with Crippen LogP contribution in [0.1, 0.15) is 65.1 Å². The zero-order chi connectivity index (χ0) is 23.7. The molecule has 0 aliphatic heterocycles. The molecule has 0 heterocycles. The van der Waals surface area contributed by atoms with E-state index < -0.39 is 23.4 Å². The third kappa shape index (κ3) is 5.34. The van der Waals surface area contributed by atoms with Crippen LogP contribution in [0.3, 0.4) is 0 Å². The molecule has 0 aliphatic carbocycles. The average Bonchev–Trinajstić information content (AvgIpc) is 2.60. The molecular weight excluding hydrogens is 413 g/mol. The fourth-order valence-electron chi connectivity index (χ4n) is 3.07. The standard InChI is InChI=1S/C22H21F3N2O4/c1-11-14(12(2)28)9-15(21(3,4)5)19(29)18(11)20(30)27-16-7-6-13(10-26)8-17(16)31-22(23,24)25/h6-9,29H,1-5H3,(H,27,30). The van der Waals surface area contributed by atoms with Crippen LogP contribution in [0.15, 0.2) is 24.3 Å². The number of ketones is 1. The lowest BCUT2D eigenvalue weighted by molar-refractivity contribution is -0.274. The lowest BCUT2D eigenvalue weighted by Gasteiger charge is -2.24. The van der Waals surface area contributed by atoms with Crippen LogP contribution in [0.25, 0.3) is 0 Å². The molecule has 0 saturated heterocycles. The topological polar surface area (TPSA) is 99.4 Å². The Morgan fingerprint density at radius 1 is 1.16 bits per heavy atom. The number of nitrogens with zero attached hydrogens (tertiary/aromatic N) is 1. The number of phenols is 1. The number of hydrogen-bond donors (Lipinski definition) is 2. The molecule has 0 atom stereocenters. The summed E-state index contributed by atoms with van der Waals surface area (Å²) < 4.78 is 42.3. The van der Waals surface area contributed by atoms with Crippen molar-refractivity contribution < 1.29 is 32.6 Å². The number of amides is 1. The van der Waals surface area contributed by atoms with Gasteiger partial charge in [-0.15, -0.1) is 13.2 Å².